The van der Waals surface area contributed by atoms with Crippen molar-refractivity contribution >= 4 is 11.9 Å². The van der Waals surface area contributed by atoms with Crippen molar-refractivity contribution in [3.05, 3.63) is 28.8 Å². The Kier molecular flexibility index (Phi) is 7.12. The van der Waals surface area contributed by atoms with Gasteiger partial charge < -0.3 is 14.7 Å². The second kappa shape index (κ2) is 9.12. The van der Waals surface area contributed by atoms with E-state index in [1.54, 1.807) is 30.9 Å². The minimum Gasteiger partial charge on any atom is -0.480 e. The summed E-state index contributed by atoms with van der Waals surface area (Å²) in [5, 5.41) is 9.00. The quantitative estimate of drug-likeness (QED) is 0.783. The number of benzene rings is 1. The summed E-state index contributed by atoms with van der Waals surface area (Å²) in [6.45, 7) is 4.01. The van der Waals surface area contributed by atoms with Gasteiger partial charge in [-0.2, -0.15) is 8.78 Å². The number of likely N-dealkylation sites (tertiary alicyclic amines) is 1. The van der Waals surface area contributed by atoms with Crippen LogP contribution >= 0.6 is 0 Å². The zero-order chi connectivity index (χ0) is 20.1. The van der Waals surface area contributed by atoms with Gasteiger partial charge in [0.2, 0.25) is 0 Å². The van der Waals surface area contributed by atoms with Gasteiger partial charge in [-0.1, -0.05) is 6.92 Å². The van der Waals surface area contributed by atoms with Gasteiger partial charge in [-0.25, -0.2) is 0 Å². The molecule has 0 radical (unpaired) electrons. The van der Waals surface area contributed by atoms with Crippen molar-refractivity contribution in [3.63, 3.8) is 0 Å². The molecule has 1 aromatic carbocycles. The predicted octanol–water partition coefficient (Wildman–Crippen LogP) is 2.92. The largest absolute Gasteiger partial charge is 0.480 e. The Morgan fingerprint density at radius 2 is 1.81 bits per heavy atom. The van der Waals surface area contributed by atoms with E-state index in [0.29, 0.717) is 49.2 Å². The maximum absolute atomic E-state index is 12.8. The number of aliphatic carboxylic acids is 1. The third kappa shape index (κ3) is 5.38. The van der Waals surface area contributed by atoms with Gasteiger partial charge in [0.25, 0.3) is 5.91 Å². The standard InChI is InChI=1S/C19H26F2N2O4/c1-4-22(11-16(24)25)15-5-7-23(8-6-15)18(26)14-9-12(2)17(13(3)10-14)27-19(20)21/h9-10,15,19H,4-8,11H2,1-3H3,(H,24,25). The van der Waals surface area contributed by atoms with Crippen molar-refractivity contribution < 1.29 is 28.2 Å². The van der Waals surface area contributed by atoms with E-state index in [2.05, 4.69) is 4.74 Å². The number of ether oxygens (including phenoxy) is 1. The second-order valence-corrected chi connectivity index (χ2v) is 6.80. The lowest BCUT2D eigenvalue weighted by atomic mass is 10.0. The molecule has 27 heavy (non-hydrogen) atoms. The van der Waals surface area contributed by atoms with Crippen molar-refractivity contribution in [2.45, 2.75) is 46.3 Å². The summed E-state index contributed by atoms with van der Waals surface area (Å²) in [5.74, 6) is -0.899. The topological polar surface area (TPSA) is 70.1 Å². The Labute approximate surface area is 157 Å². The zero-order valence-electron chi connectivity index (χ0n) is 15.9. The maximum atomic E-state index is 12.8. The van der Waals surface area contributed by atoms with Crippen LogP contribution in [0, 0.1) is 13.8 Å². The van der Waals surface area contributed by atoms with Gasteiger partial charge >= 0.3 is 12.6 Å². The minimum atomic E-state index is -2.91. The number of carboxylic acids is 1. The Hall–Kier alpha value is -2.22. The summed E-state index contributed by atoms with van der Waals surface area (Å²) in [4.78, 5) is 27.4. The molecule has 1 aliphatic heterocycles. The molecule has 150 valence electrons. The number of amides is 1. The Bertz CT molecular complexity index is 665. The zero-order valence-corrected chi connectivity index (χ0v) is 15.9. The third-order valence-corrected chi connectivity index (χ3v) is 4.93. The number of piperidine rings is 1. The third-order valence-electron chi connectivity index (χ3n) is 4.93. The lowest BCUT2D eigenvalue weighted by molar-refractivity contribution is -0.139. The summed E-state index contributed by atoms with van der Waals surface area (Å²) < 4.78 is 29.5. The first-order valence-electron chi connectivity index (χ1n) is 9.04. The van der Waals surface area contributed by atoms with Gasteiger partial charge in [0.05, 0.1) is 6.54 Å². The maximum Gasteiger partial charge on any atom is 0.387 e. The van der Waals surface area contributed by atoms with Gasteiger partial charge in [0, 0.05) is 24.7 Å². The predicted molar refractivity (Wildman–Crippen MR) is 96.4 cm³/mol. The van der Waals surface area contributed by atoms with Gasteiger partial charge in [0.1, 0.15) is 5.75 Å². The van der Waals surface area contributed by atoms with Crippen LogP contribution in [-0.2, 0) is 4.79 Å². The van der Waals surface area contributed by atoms with Crippen LogP contribution in [0.2, 0.25) is 0 Å². The molecule has 1 aromatic rings. The number of nitrogens with zero attached hydrogens (tertiary/aromatic N) is 2. The summed E-state index contributed by atoms with van der Waals surface area (Å²) in [5.41, 5.74) is 1.43. The number of rotatable bonds is 7. The Morgan fingerprint density at radius 1 is 1.26 bits per heavy atom. The molecule has 1 heterocycles. The average molecular weight is 384 g/mol. The molecule has 0 saturated carbocycles. The van der Waals surface area contributed by atoms with Crippen LogP contribution in [0.25, 0.3) is 0 Å². The van der Waals surface area contributed by atoms with E-state index in [9.17, 15) is 18.4 Å². The number of carbonyl (C=O) groups is 2. The SMILES string of the molecule is CCN(CC(=O)O)C1CCN(C(=O)c2cc(C)c(OC(F)F)c(C)c2)CC1. The van der Waals surface area contributed by atoms with Gasteiger partial charge in [-0.3, -0.25) is 14.5 Å². The van der Waals surface area contributed by atoms with Gasteiger partial charge in [-0.15, -0.1) is 0 Å². The van der Waals surface area contributed by atoms with Crippen molar-refractivity contribution in [1.29, 1.82) is 0 Å². The van der Waals surface area contributed by atoms with E-state index >= 15 is 0 Å². The number of aryl methyl sites for hydroxylation is 2. The fraction of sp³-hybridized carbons (Fsp3) is 0.579. The number of alkyl halides is 2. The second-order valence-electron chi connectivity index (χ2n) is 6.80. The van der Waals surface area contributed by atoms with E-state index in [1.807, 2.05) is 11.8 Å². The summed E-state index contributed by atoms with van der Waals surface area (Å²) in [6.07, 6.45) is 1.41. The lowest BCUT2D eigenvalue weighted by Gasteiger charge is -2.37. The molecule has 2 rings (SSSR count). The number of hydrogen-bond donors (Lipinski definition) is 1. The number of carbonyl (C=O) groups excluding carboxylic acids is 1. The summed E-state index contributed by atoms with van der Waals surface area (Å²) >= 11 is 0. The van der Waals surface area contributed by atoms with E-state index < -0.39 is 12.6 Å². The molecular weight excluding hydrogens is 358 g/mol. The molecule has 8 heteroatoms. The first kappa shape index (κ1) is 21.1. The normalized spacial score (nSPS) is 15.4. The molecule has 6 nitrogen and oxygen atoms in total. The highest BCUT2D eigenvalue weighted by Crippen LogP contribution is 2.28. The lowest BCUT2D eigenvalue weighted by Crippen LogP contribution is -2.48. The number of likely N-dealkylation sites (N-methyl/N-ethyl adjacent to an activating group) is 1. The first-order chi connectivity index (χ1) is 12.7. The average Bonchev–Trinajstić information content (AvgIpc) is 2.61. The monoisotopic (exact) mass is 384 g/mol. The molecule has 1 N–H and O–H groups in total. The van der Waals surface area contributed by atoms with E-state index in [0.717, 1.165) is 0 Å². The molecule has 0 unspecified atom stereocenters. The Morgan fingerprint density at radius 3 is 2.26 bits per heavy atom. The molecule has 0 bridgehead atoms. The van der Waals surface area contributed by atoms with Crippen LogP contribution in [-0.4, -0.2) is 65.6 Å². The molecule has 1 amide bonds. The summed E-state index contributed by atoms with van der Waals surface area (Å²) in [6, 6.07) is 3.28. The fourth-order valence-corrected chi connectivity index (χ4v) is 3.64. The smallest absolute Gasteiger partial charge is 0.387 e. The molecule has 1 aliphatic rings. The molecule has 1 fully saturated rings. The van der Waals surface area contributed by atoms with Crippen molar-refractivity contribution in [2.75, 3.05) is 26.2 Å². The van der Waals surface area contributed by atoms with Crippen molar-refractivity contribution in [1.82, 2.24) is 9.80 Å². The molecule has 0 spiro atoms. The van der Waals surface area contributed by atoms with Crippen molar-refractivity contribution in [3.8, 4) is 5.75 Å². The van der Waals surface area contributed by atoms with Crippen LogP contribution in [0.1, 0.15) is 41.3 Å². The highest BCUT2D eigenvalue weighted by molar-refractivity contribution is 5.95. The van der Waals surface area contributed by atoms with Crippen LogP contribution in [0.3, 0.4) is 0 Å². The first-order valence-corrected chi connectivity index (χ1v) is 9.04. The molecular formula is C19H26F2N2O4. The van der Waals surface area contributed by atoms with Gasteiger partial charge in [-0.05, 0) is 56.5 Å². The van der Waals surface area contributed by atoms with Crippen LogP contribution in [0.4, 0.5) is 8.78 Å². The number of carboxylic acid groups (broad SMARTS) is 1. The molecule has 0 atom stereocenters. The van der Waals surface area contributed by atoms with E-state index in [4.69, 9.17) is 5.11 Å². The van der Waals surface area contributed by atoms with Crippen molar-refractivity contribution in [2.24, 2.45) is 0 Å². The molecule has 0 aliphatic carbocycles. The minimum absolute atomic E-state index is 0.000891. The Balaban J connectivity index is 2.04. The number of hydrogen-bond acceptors (Lipinski definition) is 4. The highest BCUT2D eigenvalue weighted by atomic mass is 19.3. The van der Waals surface area contributed by atoms with E-state index in [-0.39, 0.29) is 24.2 Å². The molecule has 0 aromatic heterocycles. The van der Waals surface area contributed by atoms with Crippen LogP contribution in [0.5, 0.6) is 5.75 Å². The fourth-order valence-electron chi connectivity index (χ4n) is 3.64. The van der Waals surface area contributed by atoms with E-state index in [1.165, 1.54) is 0 Å². The van der Waals surface area contributed by atoms with Gasteiger partial charge in [0.15, 0.2) is 0 Å². The number of halogens is 2. The summed E-state index contributed by atoms with van der Waals surface area (Å²) in [7, 11) is 0. The van der Waals surface area contributed by atoms with Crippen LogP contribution < -0.4 is 4.74 Å². The van der Waals surface area contributed by atoms with Crippen LogP contribution in [0.15, 0.2) is 12.1 Å². The molecule has 1 saturated heterocycles. The highest BCUT2D eigenvalue weighted by Gasteiger charge is 2.28.